The zero-order valence-electron chi connectivity index (χ0n) is 11.5. The van der Waals surface area contributed by atoms with Gasteiger partial charge in [-0.15, -0.1) is 0 Å². The first-order chi connectivity index (χ1) is 8.98. The van der Waals surface area contributed by atoms with Crippen LogP contribution in [-0.2, 0) is 9.53 Å². The third-order valence-corrected chi connectivity index (χ3v) is 3.45. The summed E-state index contributed by atoms with van der Waals surface area (Å²) < 4.78 is 5.97. The minimum atomic E-state index is -0.698. The van der Waals surface area contributed by atoms with Gasteiger partial charge in [-0.2, -0.15) is 0 Å². The van der Waals surface area contributed by atoms with Crippen LogP contribution in [0, 0.1) is 0 Å². The van der Waals surface area contributed by atoms with Gasteiger partial charge in [-0.3, -0.25) is 9.79 Å². The Kier molecular flexibility index (Phi) is 3.53. The molecule has 0 fully saturated rings. The van der Waals surface area contributed by atoms with E-state index in [9.17, 15) is 4.79 Å². The standard InChI is InChI=1S/C15H19N2O2/c1-13(18)19-15(2,3)17(11-9-16-10-12-17)14-7-5-4-6-8-14/h4-11H,12H2,1-3H3/q+1. The summed E-state index contributed by atoms with van der Waals surface area (Å²) in [5, 5.41) is 0. The van der Waals surface area contributed by atoms with Crippen molar-refractivity contribution in [1.82, 2.24) is 4.48 Å². The van der Waals surface area contributed by atoms with Gasteiger partial charge in [0.1, 0.15) is 18.4 Å². The number of benzene rings is 1. The number of aliphatic imine (C=N–C) groups is 1. The Morgan fingerprint density at radius 1 is 1.32 bits per heavy atom. The van der Waals surface area contributed by atoms with E-state index in [0.29, 0.717) is 11.0 Å². The van der Waals surface area contributed by atoms with Crippen molar-refractivity contribution in [3.8, 4) is 0 Å². The largest absolute Gasteiger partial charge is 0.410 e. The molecule has 0 N–H and O–H groups in total. The smallest absolute Gasteiger partial charge is 0.307 e. The average Bonchev–Trinajstić information content (AvgIpc) is 2.39. The maximum atomic E-state index is 11.4. The highest BCUT2D eigenvalue weighted by molar-refractivity contribution is 5.70. The van der Waals surface area contributed by atoms with E-state index in [0.717, 1.165) is 5.69 Å². The van der Waals surface area contributed by atoms with Gasteiger partial charge < -0.3 is 4.74 Å². The normalized spacial score (nSPS) is 22.3. The molecule has 100 valence electrons. The fourth-order valence-electron chi connectivity index (χ4n) is 2.48. The topological polar surface area (TPSA) is 38.7 Å². The molecule has 1 aliphatic rings. The van der Waals surface area contributed by atoms with Gasteiger partial charge in [-0.05, 0) is 12.1 Å². The molecular weight excluding hydrogens is 240 g/mol. The Hall–Kier alpha value is -1.94. The van der Waals surface area contributed by atoms with E-state index in [1.165, 1.54) is 6.92 Å². The van der Waals surface area contributed by atoms with Gasteiger partial charge in [-0.25, -0.2) is 4.48 Å². The lowest BCUT2D eigenvalue weighted by atomic mass is 10.1. The van der Waals surface area contributed by atoms with Crippen molar-refractivity contribution < 1.29 is 9.53 Å². The molecule has 0 aromatic heterocycles. The van der Waals surface area contributed by atoms with Crippen LogP contribution in [0.5, 0.6) is 0 Å². The van der Waals surface area contributed by atoms with Crippen LogP contribution in [0.2, 0.25) is 0 Å². The van der Waals surface area contributed by atoms with Crippen molar-refractivity contribution >= 4 is 17.9 Å². The first kappa shape index (κ1) is 13.5. The van der Waals surface area contributed by atoms with Crippen molar-refractivity contribution in [2.75, 3.05) is 6.54 Å². The van der Waals surface area contributed by atoms with E-state index < -0.39 is 5.72 Å². The predicted octanol–water partition coefficient (Wildman–Crippen LogP) is 2.85. The maximum absolute atomic E-state index is 11.4. The average molecular weight is 259 g/mol. The Morgan fingerprint density at radius 3 is 2.53 bits per heavy atom. The summed E-state index contributed by atoms with van der Waals surface area (Å²) in [5.74, 6) is -0.283. The first-order valence-corrected chi connectivity index (χ1v) is 6.30. The fourth-order valence-corrected chi connectivity index (χ4v) is 2.48. The molecule has 1 aromatic carbocycles. The Morgan fingerprint density at radius 2 is 2.00 bits per heavy atom. The number of hydrogen-bond acceptors (Lipinski definition) is 3. The van der Waals surface area contributed by atoms with Gasteiger partial charge in [-0.1, -0.05) is 18.2 Å². The number of esters is 1. The lowest BCUT2D eigenvalue weighted by molar-refractivity contribution is -0.166. The highest BCUT2D eigenvalue weighted by atomic mass is 16.6. The second-order valence-corrected chi connectivity index (χ2v) is 5.06. The highest BCUT2D eigenvalue weighted by Crippen LogP contribution is 2.35. The molecular formula is C15H19N2O2+. The lowest BCUT2D eigenvalue weighted by Gasteiger charge is -2.45. The van der Waals surface area contributed by atoms with Crippen LogP contribution in [0.15, 0.2) is 47.7 Å². The number of para-hydroxylation sites is 1. The molecule has 1 atom stereocenters. The SMILES string of the molecule is CC(=O)OC(C)(C)[N+]1(c2ccccc2)C=CN=CC1. The summed E-state index contributed by atoms with van der Waals surface area (Å²) >= 11 is 0. The molecule has 0 bridgehead atoms. The maximum Gasteiger partial charge on any atom is 0.307 e. The molecule has 0 amide bonds. The van der Waals surface area contributed by atoms with E-state index in [2.05, 4.69) is 4.99 Å². The van der Waals surface area contributed by atoms with Crippen molar-refractivity contribution in [3.63, 3.8) is 0 Å². The molecule has 0 saturated carbocycles. The van der Waals surface area contributed by atoms with E-state index in [4.69, 9.17) is 4.74 Å². The molecule has 1 aromatic rings. The summed E-state index contributed by atoms with van der Waals surface area (Å²) in [6, 6.07) is 10.0. The number of ether oxygens (including phenoxy) is 1. The Labute approximate surface area is 113 Å². The summed E-state index contributed by atoms with van der Waals surface area (Å²) in [6.07, 6.45) is 5.57. The van der Waals surface area contributed by atoms with Crippen LogP contribution in [0.25, 0.3) is 0 Å². The third kappa shape index (κ3) is 2.44. The number of quaternary nitrogens is 1. The molecule has 0 radical (unpaired) electrons. The van der Waals surface area contributed by atoms with E-state index in [1.54, 1.807) is 6.20 Å². The molecule has 4 nitrogen and oxygen atoms in total. The minimum absolute atomic E-state index is 0.283. The second-order valence-electron chi connectivity index (χ2n) is 5.06. The summed E-state index contributed by atoms with van der Waals surface area (Å²) in [5.41, 5.74) is 0.368. The number of nitrogens with zero attached hydrogens (tertiary/aromatic N) is 2. The van der Waals surface area contributed by atoms with Crippen LogP contribution in [0.3, 0.4) is 0 Å². The van der Waals surface area contributed by atoms with Gasteiger partial charge in [0.15, 0.2) is 0 Å². The van der Waals surface area contributed by atoms with E-state index in [-0.39, 0.29) is 5.97 Å². The van der Waals surface area contributed by atoms with Crippen molar-refractivity contribution in [2.24, 2.45) is 4.99 Å². The summed E-state index contributed by atoms with van der Waals surface area (Å²) in [6.45, 7) is 5.93. The Balaban J connectivity index is 2.50. The van der Waals surface area contributed by atoms with Crippen LogP contribution in [0.1, 0.15) is 20.8 Å². The van der Waals surface area contributed by atoms with Gasteiger partial charge >= 0.3 is 5.97 Å². The zero-order chi connectivity index (χ0) is 13.9. The van der Waals surface area contributed by atoms with Crippen LogP contribution >= 0.6 is 0 Å². The first-order valence-electron chi connectivity index (χ1n) is 6.30. The molecule has 0 saturated heterocycles. The number of carbonyl (C=O) groups excluding carboxylic acids is 1. The van der Waals surface area contributed by atoms with Crippen LogP contribution in [0.4, 0.5) is 5.69 Å². The molecule has 1 unspecified atom stereocenters. The number of rotatable bonds is 3. The molecule has 1 aliphatic heterocycles. The quantitative estimate of drug-likeness (QED) is 0.618. The van der Waals surface area contributed by atoms with Crippen molar-refractivity contribution in [2.45, 2.75) is 26.5 Å². The molecule has 0 aliphatic carbocycles. The van der Waals surface area contributed by atoms with E-state index >= 15 is 0 Å². The van der Waals surface area contributed by atoms with Gasteiger partial charge in [0, 0.05) is 20.8 Å². The number of carbonyl (C=O) groups is 1. The molecule has 1 heterocycles. The van der Waals surface area contributed by atoms with Crippen LogP contribution < -0.4 is 4.48 Å². The summed E-state index contributed by atoms with van der Waals surface area (Å²) in [4.78, 5) is 15.5. The Bertz CT molecular complexity index is 520. The van der Waals surface area contributed by atoms with E-state index in [1.807, 2.05) is 56.6 Å². The van der Waals surface area contributed by atoms with Crippen molar-refractivity contribution in [3.05, 3.63) is 42.7 Å². The minimum Gasteiger partial charge on any atom is -0.410 e. The predicted molar refractivity (Wildman–Crippen MR) is 76.6 cm³/mol. The molecule has 4 heteroatoms. The lowest BCUT2D eigenvalue weighted by Crippen LogP contribution is -2.62. The molecule has 2 rings (SSSR count). The van der Waals surface area contributed by atoms with Crippen LogP contribution in [-0.4, -0.2) is 24.5 Å². The van der Waals surface area contributed by atoms with Gasteiger partial charge in [0.2, 0.25) is 5.72 Å². The second kappa shape index (κ2) is 4.97. The zero-order valence-corrected chi connectivity index (χ0v) is 11.5. The molecule has 0 spiro atoms. The molecule has 19 heavy (non-hydrogen) atoms. The highest BCUT2D eigenvalue weighted by Gasteiger charge is 2.47. The third-order valence-electron chi connectivity index (χ3n) is 3.45. The van der Waals surface area contributed by atoms with Gasteiger partial charge in [0.25, 0.3) is 0 Å². The van der Waals surface area contributed by atoms with Crippen molar-refractivity contribution in [1.29, 1.82) is 0 Å². The monoisotopic (exact) mass is 259 g/mol. The number of hydrogen-bond donors (Lipinski definition) is 0. The van der Waals surface area contributed by atoms with Gasteiger partial charge in [0.05, 0.1) is 12.4 Å². The fraction of sp³-hybridized carbons (Fsp3) is 0.333. The summed E-state index contributed by atoms with van der Waals surface area (Å²) in [7, 11) is 0.